The van der Waals surface area contributed by atoms with E-state index in [1.54, 1.807) is 12.1 Å². The fraction of sp³-hybridized carbons (Fsp3) is 0.562. The Morgan fingerprint density at radius 1 is 1.26 bits per heavy atom. The van der Waals surface area contributed by atoms with Gasteiger partial charge in [0.2, 0.25) is 0 Å². The second-order valence-electron chi connectivity index (χ2n) is 5.57. The maximum absolute atomic E-state index is 12.1. The van der Waals surface area contributed by atoms with Crippen LogP contribution in [0.1, 0.15) is 55.8 Å². The highest BCUT2D eigenvalue weighted by atomic mass is 16.1. The first-order valence-corrected chi connectivity index (χ1v) is 7.36. The molecule has 1 aromatic carbocycles. The number of nitrogen functional groups attached to an aromatic ring is 1. The number of benzene rings is 1. The third kappa shape index (κ3) is 3.72. The van der Waals surface area contributed by atoms with Crippen LogP contribution in [0.5, 0.6) is 0 Å². The minimum absolute atomic E-state index is 0.0305. The first kappa shape index (κ1) is 13.9. The lowest BCUT2D eigenvalue weighted by molar-refractivity contribution is 0.0922. The quantitative estimate of drug-likeness (QED) is 0.816. The van der Waals surface area contributed by atoms with E-state index in [2.05, 4.69) is 12.2 Å². The van der Waals surface area contributed by atoms with E-state index >= 15 is 0 Å². The second kappa shape index (κ2) is 6.60. The lowest BCUT2D eigenvalue weighted by Crippen LogP contribution is -2.37. The Labute approximate surface area is 115 Å². The van der Waals surface area contributed by atoms with Gasteiger partial charge in [-0.2, -0.15) is 0 Å². The maximum atomic E-state index is 12.1. The van der Waals surface area contributed by atoms with Crippen LogP contribution in [0.4, 0.5) is 5.69 Å². The van der Waals surface area contributed by atoms with Crippen LogP contribution in [-0.2, 0) is 0 Å². The smallest absolute Gasteiger partial charge is 0.253 e. The summed E-state index contributed by atoms with van der Waals surface area (Å²) in [6, 6.07) is 7.58. The van der Waals surface area contributed by atoms with E-state index < -0.39 is 0 Å². The molecule has 2 rings (SSSR count). The largest absolute Gasteiger partial charge is 0.398 e. The van der Waals surface area contributed by atoms with E-state index in [0.29, 0.717) is 17.3 Å². The highest BCUT2D eigenvalue weighted by Crippen LogP contribution is 2.28. The summed E-state index contributed by atoms with van der Waals surface area (Å²) in [4.78, 5) is 12.1. The van der Waals surface area contributed by atoms with Crippen molar-refractivity contribution in [3.63, 3.8) is 0 Å². The molecule has 0 atom stereocenters. The van der Waals surface area contributed by atoms with Crippen LogP contribution in [0.25, 0.3) is 0 Å². The van der Waals surface area contributed by atoms with Crippen molar-refractivity contribution in [1.82, 2.24) is 5.32 Å². The highest BCUT2D eigenvalue weighted by molar-refractivity contribution is 5.99. The molecule has 19 heavy (non-hydrogen) atoms. The molecule has 104 valence electrons. The molecular weight excluding hydrogens is 236 g/mol. The molecule has 3 nitrogen and oxygen atoms in total. The normalized spacial score (nSPS) is 23.0. The van der Waals surface area contributed by atoms with Crippen molar-refractivity contribution >= 4 is 11.6 Å². The van der Waals surface area contributed by atoms with Crippen LogP contribution < -0.4 is 11.1 Å². The Morgan fingerprint density at radius 2 is 1.95 bits per heavy atom. The maximum Gasteiger partial charge on any atom is 0.253 e. The third-order valence-corrected chi connectivity index (χ3v) is 4.08. The van der Waals surface area contributed by atoms with E-state index in [1.807, 2.05) is 12.1 Å². The molecule has 0 spiro atoms. The predicted octanol–water partition coefficient (Wildman–Crippen LogP) is 3.36. The molecule has 0 aliphatic heterocycles. The summed E-state index contributed by atoms with van der Waals surface area (Å²) in [5, 5.41) is 3.12. The Morgan fingerprint density at radius 3 is 2.58 bits per heavy atom. The van der Waals surface area contributed by atoms with Crippen molar-refractivity contribution in [3.8, 4) is 0 Å². The first-order chi connectivity index (χ1) is 9.20. The van der Waals surface area contributed by atoms with E-state index in [9.17, 15) is 4.79 Å². The van der Waals surface area contributed by atoms with Gasteiger partial charge in [0.15, 0.2) is 0 Å². The van der Waals surface area contributed by atoms with Gasteiger partial charge in [0.05, 0.1) is 5.56 Å². The van der Waals surface area contributed by atoms with Crippen LogP contribution in [0.15, 0.2) is 24.3 Å². The number of nitrogens with two attached hydrogens (primary N) is 1. The van der Waals surface area contributed by atoms with Gasteiger partial charge in [0, 0.05) is 11.7 Å². The van der Waals surface area contributed by atoms with Crippen molar-refractivity contribution < 1.29 is 4.79 Å². The third-order valence-electron chi connectivity index (χ3n) is 4.08. The number of hydrogen-bond acceptors (Lipinski definition) is 2. The van der Waals surface area contributed by atoms with Crippen molar-refractivity contribution in [3.05, 3.63) is 29.8 Å². The van der Waals surface area contributed by atoms with Gasteiger partial charge in [-0.1, -0.05) is 31.9 Å². The monoisotopic (exact) mass is 260 g/mol. The minimum atomic E-state index is -0.0305. The number of amides is 1. The van der Waals surface area contributed by atoms with Crippen LogP contribution >= 0.6 is 0 Å². The zero-order valence-corrected chi connectivity index (χ0v) is 11.7. The number of hydrogen-bond donors (Lipinski definition) is 2. The second-order valence-corrected chi connectivity index (χ2v) is 5.57. The zero-order chi connectivity index (χ0) is 13.7. The van der Waals surface area contributed by atoms with Crippen molar-refractivity contribution in [1.29, 1.82) is 0 Å². The highest BCUT2D eigenvalue weighted by Gasteiger charge is 2.22. The van der Waals surface area contributed by atoms with Gasteiger partial charge in [-0.3, -0.25) is 4.79 Å². The van der Waals surface area contributed by atoms with E-state index in [0.717, 1.165) is 18.8 Å². The fourth-order valence-electron chi connectivity index (χ4n) is 2.97. The molecule has 0 aromatic heterocycles. The van der Waals surface area contributed by atoms with Crippen LogP contribution in [-0.4, -0.2) is 11.9 Å². The van der Waals surface area contributed by atoms with Gasteiger partial charge in [-0.25, -0.2) is 0 Å². The van der Waals surface area contributed by atoms with E-state index in [4.69, 9.17) is 5.73 Å². The van der Waals surface area contributed by atoms with Crippen molar-refractivity contribution in [2.45, 2.75) is 51.5 Å². The Balaban J connectivity index is 1.86. The molecule has 3 N–H and O–H groups in total. The van der Waals surface area contributed by atoms with Crippen LogP contribution in [0, 0.1) is 5.92 Å². The Bertz CT molecular complexity index is 423. The molecule has 1 saturated carbocycles. The molecule has 0 unspecified atom stereocenters. The molecule has 0 heterocycles. The number of para-hydroxylation sites is 1. The number of anilines is 1. The minimum Gasteiger partial charge on any atom is -0.398 e. The Hall–Kier alpha value is -1.51. The summed E-state index contributed by atoms with van der Waals surface area (Å²) in [5.74, 6) is 0.831. The molecule has 1 aromatic rings. The van der Waals surface area contributed by atoms with Crippen LogP contribution in [0.2, 0.25) is 0 Å². The number of carbonyl (C=O) groups is 1. The predicted molar refractivity (Wildman–Crippen MR) is 79.0 cm³/mol. The van der Waals surface area contributed by atoms with Gasteiger partial charge >= 0.3 is 0 Å². The first-order valence-electron chi connectivity index (χ1n) is 7.36. The average Bonchev–Trinajstić information content (AvgIpc) is 2.42. The summed E-state index contributed by atoms with van der Waals surface area (Å²) in [7, 11) is 0. The summed E-state index contributed by atoms with van der Waals surface area (Å²) in [6.45, 7) is 2.24. The molecule has 1 fully saturated rings. The van der Waals surface area contributed by atoms with Gasteiger partial charge < -0.3 is 11.1 Å². The van der Waals surface area contributed by atoms with Crippen LogP contribution in [0.3, 0.4) is 0 Å². The zero-order valence-electron chi connectivity index (χ0n) is 11.7. The summed E-state index contributed by atoms with van der Waals surface area (Å²) >= 11 is 0. The van der Waals surface area contributed by atoms with Gasteiger partial charge in [0.1, 0.15) is 0 Å². The van der Waals surface area contributed by atoms with Gasteiger partial charge in [0.25, 0.3) is 5.91 Å². The average molecular weight is 260 g/mol. The van der Waals surface area contributed by atoms with Crippen molar-refractivity contribution in [2.75, 3.05) is 5.73 Å². The summed E-state index contributed by atoms with van der Waals surface area (Å²) in [5.41, 5.74) is 6.98. The van der Waals surface area contributed by atoms with Gasteiger partial charge in [-0.15, -0.1) is 0 Å². The standard InChI is InChI=1S/C16H24N2O/c1-2-5-12-8-10-13(11-9-12)18-16(19)14-6-3-4-7-15(14)17/h3-4,6-7,12-13H,2,5,8-11,17H2,1H3,(H,18,19). The number of nitrogens with one attached hydrogen (secondary N) is 1. The molecule has 0 bridgehead atoms. The molecule has 1 aliphatic rings. The fourth-order valence-corrected chi connectivity index (χ4v) is 2.97. The molecule has 0 radical (unpaired) electrons. The Kier molecular flexibility index (Phi) is 4.83. The topological polar surface area (TPSA) is 55.1 Å². The molecular formula is C16H24N2O. The number of carbonyl (C=O) groups excluding carboxylic acids is 1. The molecule has 1 aliphatic carbocycles. The van der Waals surface area contributed by atoms with Crippen molar-refractivity contribution in [2.24, 2.45) is 5.92 Å². The molecule has 0 saturated heterocycles. The summed E-state index contributed by atoms with van der Waals surface area (Å²) < 4.78 is 0. The SMILES string of the molecule is CCCC1CCC(NC(=O)c2ccccc2N)CC1. The van der Waals surface area contributed by atoms with E-state index in [1.165, 1.54) is 25.7 Å². The summed E-state index contributed by atoms with van der Waals surface area (Å²) in [6.07, 6.45) is 7.27. The van der Waals surface area contributed by atoms with E-state index in [-0.39, 0.29) is 5.91 Å². The molecule has 1 amide bonds. The molecule has 3 heteroatoms. The lowest BCUT2D eigenvalue weighted by atomic mass is 9.83. The number of rotatable bonds is 4. The van der Waals surface area contributed by atoms with Gasteiger partial charge in [-0.05, 0) is 43.7 Å². The lowest BCUT2D eigenvalue weighted by Gasteiger charge is -2.29.